The average molecular weight is 218 g/mol. The highest BCUT2D eigenvalue weighted by molar-refractivity contribution is 8.13. The molecule has 0 radical (unpaired) electrons. The minimum atomic E-state index is -3.43. The van der Waals surface area contributed by atoms with Gasteiger partial charge in [-0.05, 0) is 11.6 Å². The Bertz CT molecular complexity index is 386. The van der Waals surface area contributed by atoms with Crippen LogP contribution in [0, 0.1) is 0 Å². The van der Waals surface area contributed by atoms with Crippen molar-refractivity contribution in [3.05, 3.63) is 36.2 Å². The fourth-order valence-electron chi connectivity index (χ4n) is 0.774. The van der Waals surface area contributed by atoms with Crippen molar-refractivity contribution < 1.29 is 8.42 Å². The fraction of sp³-hybridized carbons (Fsp3) is 0.125. The van der Waals surface area contributed by atoms with Gasteiger partial charge in [0.2, 0.25) is 9.05 Å². The molecule has 0 aliphatic carbocycles. The predicted molar refractivity (Wildman–Crippen MR) is 52.9 cm³/mol. The normalized spacial score (nSPS) is 12.1. The summed E-state index contributed by atoms with van der Waals surface area (Å²) in [7, 11) is 1.58. The first-order valence-electron chi connectivity index (χ1n) is 3.57. The molecule has 13 heavy (non-hydrogen) atoms. The lowest BCUT2D eigenvalue weighted by molar-refractivity contribution is 0.612. The van der Waals surface area contributed by atoms with E-state index in [1.807, 2.05) is 6.07 Å². The standard InChI is InChI=1S/C8H8ClNO2S/c9-13(11,12)6-2-4-8-3-1-5-10-7-8/h1-5,7H,6H2/b4-2+. The highest BCUT2D eigenvalue weighted by Gasteiger charge is 1.99. The summed E-state index contributed by atoms with van der Waals surface area (Å²) in [6.07, 6.45) is 6.43. The first kappa shape index (κ1) is 10.2. The highest BCUT2D eigenvalue weighted by atomic mass is 35.7. The van der Waals surface area contributed by atoms with Crippen LogP contribution >= 0.6 is 10.7 Å². The molecule has 0 unspecified atom stereocenters. The van der Waals surface area contributed by atoms with Crippen molar-refractivity contribution in [3.63, 3.8) is 0 Å². The summed E-state index contributed by atoms with van der Waals surface area (Å²) < 4.78 is 21.0. The zero-order chi connectivity index (χ0) is 9.73. The van der Waals surface area contributed by atoms with Gasteiger partial charge in [-0.1, -0.05) is 18.2 Å². The van der Waals surface area contributed by atoms with E-state index in [0.717, 1.165) is 5.56 Å². The molecule has 0 atom stereocenters. The molecule has 0 saturated heterocycles. The quantitative estimate of drug-likeness (QED) is 0.724. The molecule has 0 fully saturated rings. The van der Waals surface area contributed by atoms with Crippen LogP contribution in [0.1, 0.15) is 5.56 Å². The number of hydrogen-bond acceptors (Lipinski definition) is 3. The first-order valence-corrected chi connectivity index (χ1v) is 6.05. The minimum Gasteiger partial charge on any atom is -0.264 e. The van der Waals surface area contributed by atoms with E-state index in [-0.39, 0.29) is 5.75 Å². The number of aromatic nitrogens is 1. The number of rotatable bonds is 3. The molecule has 1 aromatic heterocycles. The Labute approximate surface area is 81.5 Å². The summed E-state index contributed by atoms with van der Waals surface area (Å²) in [6, 6.07) is 3.60. The molecular formula is C8H8ClNO2S. The van der Waals surface area contributed by atoms with E-state index >= 15 is 0 Å². The van der Waals surface area contributed by atoms with Gasteiger partial charge < -0.3 is 0 Å². The van der Waals surface area contributed by atoms with Crippen LogP contribution in [-0.2, 0) is 9.05 Å². The van der Waals surface area contributed by atoms with Crippen LogP contribution in [0.25, 0.3) is 6.08 Å². The highest BCUT2D eigenvalue weighted by Crippen LogP contribution is 2.01. The van der Waals surface area contributed by atoms with Crippen molar-refractivity contribution in [1.29, 1.82) is 0 Å². The van der Waals surface area contributed by atoms with Gasteiger partial charge >= 0.3 is 0 Å². The second kappa shape index (κ2) is 4.39. The lowest BCUT2D eigenvalue weighted by Gasteiger charge is -1.89. The maximum Gasteiger partial charge on any atom is 0.236 e. The van der Waals surface area contributed by atoms with E-state index in [1.54, 1.807) is 24.5 Å². The Balaban J connectivity index is 2.61. The number of nitrogens with zero attached hydrogens (tertiary/aromatic N) is 1. The third-order valence-corrected chi connectivity index (χ3v) is 2.26. The largest absolute Gasteiger partial charge is 0.264 e. The zero-order valence-corrected chi connectivity index (χ0v) is 8.29. The molecule has 0 aliphatic rings. The second-order valence-corrected chi connectivity index (χ2v) is 5.22. The van der Waals surface area contributed by atoms with Gasteiger partial charge in [0.25, 0.3) is 0 Å². The number of hydrogen-bond donors (Lipinski definition) is 0. The summed E-state index contributed by atoms with van der Waals surface area (Å²) in [5.74, 6) is -0.163. The van der Waals surface area contributed by atoms with E-state index in [1.165, 1.54) is 6.08 Å². The maximum atomic E-state index is 10.5. The third kappa shape index (κ3) is 4.65. The molecule has 1 rings (SSSR count). The van der Waals surface area contributed by atoms with Crippen LogP contribution < -0.4 is 0 Å². The SMILES string of the molecule is O=S(=O)(Cl)C/C=C/c1cccnc1. The molecule has 0 aliphatic heterocycles. The second-order valence-electron chi connectivity index (χ2n) is 2.39. The molecule has 0 N–H and O–H groups in total. The molecule has 0 bridgehead atoms. The van der Waals surface area contributed by atoms with E-state index in [9.17, 15) is 8.42 Å². The van der Waals surface area contributed by atoms with Crippen molar-refractivity contribution in [1.82, 2.24) is 4.98 Å². The van der Waals surface area contributed by atoms with Gasteiger partial charge in [0, 0.05) is 23.1 Å². The van der Waals surface area contributed by atoms with Crippen LogP contribution in [0.15, 0.2) is 30.6 Å². The van der Waals surface area contributed by atoms with Crippen molar-refractivity contribution in [2.24, 2.45) is 0 Å². The molecule has 1 heterocycles. The van der Waals surface area contributed by atoms with Crippen LogP contribution in [-0.4, -0.2) is 19.2 Å². The molecule has 0 spiro atoms. The van der Waals surface area contributed by atoms with Gasteiger partial charge in [0.15, 0.2) is 0 Å². The molecule has 70 valence electrons. The minimum absolute atomic E-state index is 0.163. The molecular weight excluding hydrogens is 210 g/mol. The van der Waals surface area contributed by atoms with E-state index < -0.39 is 9.05 Å². The Kier molecular flexibility index (Phi) is 3.45. The van der Waals surface area contributed by atoms with Crippen molar-refractivity contribution in [2.45, 2.75) is 0 Å². The lowest BCUT2D eigenvalue weighted by atomic mass is 10.3. The van der Waals surface area contributed by atoms with E-state index in [0.29, 0.717) is 0 Å². The smallest absolute Gasteiger partial charge is 0.236 e. The Morgan fingerprint density at radius 2 is 2.31 bits per heavy atom. The molecule has 3 nitrogen and oxygen atoms in total. The average Bonchev–Trinajstić information content (AvgIpc) is 2.04. The van der Waals surface area contributed by atoms with Gasteiger partial charge in [-0.3, -0.25) is 4.98 Å². The topological polar surface area (TPSA) is 47.0 Å². The molecule has 0 aromatic carbocycles. The molecule has 0 amide bonds. The van der Waals surface area contributed by atoms with Crippen LogP contribution in [0.4, 0.5) is 0 Å². The maximum absolute atomic E-state index is 10.5. The summed E-state index contributed by atoms with van der Waals surface area (Å²) in [4.78, 5) is 3.87. The predicted octanol–water partition coefficient (Wildman–Crippen LogP) is 1.66. The Morgan fingerprint density at radius 3 is 2.85 bits per heavy atom. The third-order valence-electron chi connectivity index (χ3n) is 1.29. The Hall–Kier alpha value is -0.870. The monoisotopic (exact) mass is 217 g/mol. The fourth-order valence-corrected chi connectivity index (χ4v) is 1.32. The summed E-state index contributed by atoms with van der Waals surface area (Å²) in [5, 5.41) is 0. The van der Waals surface area contributed by atoms with Crippen molar-refractivity contribution in [2.75, 3.05) is 5.75 Å². The zero-order valence-electron chi connectivity index (χ0n) is 6.72. The van der Waals surface area contributed by atoms with Gasteiger partial charge in [0.05, 0.1) is 5.75 Å². The lowest BCUT2D eigenvalue weighted by Crippen LogP contribution is -1.91. The molecule has 0 saturated carbocycles. The van der Waals surface area contributed by atoms with Crippen LogP contribution in [0.3, 0.4) is 0 Å². The van der Waals surface area contributed by atoms with Gasteiger partial charge in [-0.25, -0.2) is 8.42 Å². The Morgan fingerprint density at radius 1 is 1.54 bits per heavy atom. The van der Waals surface area contributed by atoms with Gasteiger partial charge in [-0.2, -0.15) is 0 Å². The van der Waals surface area contributed by atoms with Crippen molar-refractivity contribution in [3.8, 4) is 0 Å². The van der Waals surface area contributed by atoms with E-state index in [2.05, 4.69) is 4.98 Å². The van der Waals surface area contributed by atoms with Gasteiger partial charge in [0.1, 0.15) is 0 Å². The molecule has 5 heteroatoms. The first-order chi connectivity index (χ1) is 6.08. The summed E-state index contributed by atoms with van der Waals surface area (Å²) in [6.45, 7) is 0. The summed E-state index contributed by atoms with van der Waals surface area (Å²) >= 11 is 0. The summed E-state index contributed by atoms with van der Waals surface area (Å²) in [5.41, 5.74) is 0.850. The number of halogens is 1. The van der Waals surface area contributed by atoms with E-state index in [4.69, 9.17) is 10.7 Å². The van der Waals surface area contributed by atoms with Crippen molar-refractivity contribution >= 4 is 25.8 Å². The van der Waals surface area contributed by atoms with Crippen LogP contribution in [0.5, 0.6) is 0 Å². The van der Waals surface area contributed by atoms with Crippen LogP contribution in [0.2, 0.25) is 0 Å². The molecule has 1 aromatic rings. The van der Waals surface area contributed by atoms with Gasteiger partial charge in [-0.15, -0.1) is 0 Å². The number of pyridine rings is 1.